The molecule has 1 unspecified atom stereocenters. The number of rotatable bonds is 8. The van der Waals surface area contributed by atoms with Gasteiger partial charge in [0, 0.05) is 6.26 Å². The fourth-order valence-corrected chi connectivity index (χ4v) is 2.15. The first-order valence-electron chi connectivity index (χ1n) is 6.15. The number of hydrogen-bond acceptors (Lipinski definition) is 5. The van der Waals surface area contributed by atoms with E-state index >= 15 is 0 Å². The quantitative estimate of drug-likeness (QED) is 0.702. The molecule has 0 saturated carbocycles. The first-order valence-corrected chi connectivity index (χ1v) is 8.22. The van der Waals surface area contributed by atoms with Crippen LogP contribution in [-0.4, -0.2) is 50.1 Å². The second-order valence-corrected chi connectivity index (χ2v) is 6.74. The summed E-state index contributed by atoms with van der Waals surface area (Å²) in [6, 6.07) is 7.32. The van der Waals surface area contributed by atoms with Gasteiger partial charge in [-0.05, 0) is 18.6 Å². The van der Waals surface area contributed by atoms with E-state index in [2.05, 4.69) is 5.32 Å². The van der Waals surface area contributed by atoms with Gasteiger partial charge in [0.15, 0.2) is 6.61 Å². The van der Waals surface area contributed by atoms with E-state index in [0.717, 1.165) is 6.26 Å². The van der Waals surface area contributed by atoms with Crippen LogP contribution in [0.5, 0.6) is 5.75 Å². The maximum atomic E-state index is 11.6. The average molecular weight is 315 g/mol. The molecular formula is C13H17NO6S. The predicted octanol–water partition coefficient (Wildman–Crippen LogP) is 0.0695. The van der Waals surface area contributed by atoms with Crippen LogP contribution in [-0.2, 0) is 19.4 Å². The van der Waals surface area contributed by atoms with Gasteiger partial charge in [-0.25, -0.2) is 13.2 Å². The lowest BCUT2D eigenvalue weighted by atomic mass is 10.2. The molecule has 1 aromatic rings. The third kappa shape index (κ3) is 7.31. The molecule has 1 atom stereocenters. The van der Waals surface area contributed by atoms with Gasteiger partial charge < -0.3 is 15.2 Å². The van der Waals surface area contributed by atoms with Crippen LogP contribution in [0, 0.1) is 0 Å². The first kappa shape index (κ1) is 17.0. The number of amides is 1. The van der Waals surface area contributed by atoms with E-state index in [9.17, 15) is 18.0 Å². The van der Waals surface area contributed by atoms with Crippen LogP contribution >= 0.6 is 0 Å². The zero-order valence-corrected chi connectivity index (χ0v) is 12.3. The van der Waals surface area contributed by atoms with Crippen LogP contribution in [0.4, 0.5) is 0 Å². The van der Waals surface area contributed by atoms with Crippen LogP contribution in [0.15, 0.2) is 30.3 Å². The maximum Gasteiger partial charge on any atom is 0.326 e. The van der Waals surface area contributed by atoms with E-state index in [1.165, 1.54) is 0 Å². The minimum Gasteiger partial charge on any atom is -0.484 e. The fourth-order valence-electron chi connectivity index (χ4n) is 1.49. The molecule has 0 aliphatic carbocycles. The fraction of sp³-hybridized carbons (Fsp3) is 0.385. The summed E-state index contributed by atoms with van der Waals surface area (Å²) in [7, 11) is -3.29. The minimum absolute atomic E-state index is 0.189. The highest BCUT2D eigenvalue weighted by Crippen LogP contribution is 2.07. The van der Waals surface area contributed by atoms with Gasteiger partial charge in [0.25, 0.3) is 5.91 Å². The number of ether oxygens (including phenoxy) is 1. The Bertz CT molecular complexity index is 584. The van der Waals surface area contributed by atoms with Crippen molar-refractivity contribution in [3.05, 3.63) is 30.3 Å². The largest absolute Gasteiger partial charge is 0.484 e. The summed E-state index contributed by atoms with van der Waals surface area (Å²) < 4.78 is 27.2. The van der Waals surface area contributed by atoms with Gasteiger partial charge in [-0.3, -0.25) is 4.79 Å². The molecule has 1 rings (SSSR count). The summed E-state index contributed by atoms with van der Waals surface area (Å²) in [6.07, 6.45) is 0.817. The Labute approximate surface area is 122 Å². The van der Waals surface area contributed by atoms with Gasteiger partial charge in [-0.2, -0.15) is 0 Å². The van der Waals surface area contributed by atoms with Crippen LogP contribution in [0.1, 0.15) is 6.42 Å². The molecule has 0 bridgehead atoms. The smallest absolute Gasteiger partial charge is 0.326 e. The average Bonchev–Trinajstić information content (AvgIpc) is 2.41. The van der Waals surface area contributed by atoms with Gasteiger partial charge in [0.05, 0.1) is 5.75 Å². The van der Waals surface area contributed by atoms with Crippen molar-refractivity contribution in [2.75, 3.05) is 18.6 Å². The molecule has 21 heavy (non-hydrogen) atoms. The van der Waals surface area contributed by atoms with Crippen molar-refractivity contribution < 1.29 is 27.9 Å². The van der Waals surface area contributed by atoms with Gasteiger partial charge in [0.2, 0.25) is 0 Å². The number of aliphatic carboxylic acids is 1. The molecule has 0 spiro atoms. The molecule has 0 aromatic heterocycles. The number of carbonyl (C=O) groups is 2. The number of carboxylic acid groups (broad SMARTS) is 1. The summed E-state index contributed by atoms with van der Waals surface area (Å²) in [5.41, 5.74) is 0. The van der Waals surface area contributed by atoms with Crippen molar-refractivity contribution in [3.8, 4) is 5.75 Å². The lowest BCUT2D eigenvalue weighted by Gasteiger charge is -2.14. The molecule has 0 aliphatic rings. The van der Waals surface area contributed by atoms with E-state index in [4.69, 9.17) is 9.84 Å². The molecule has 1 amide bonds. The SMILES string of the molecule is CS(=O)(=O)CCC(NC(=O)COc1ccccc1)C(=O)O. The minimum atomic E-state index is -3.29. The highest BCUT2D eigenvalue weighted by atomic mass is 32.2. The van der Waals surface area contributed by atoms with Gasteiger partial charge >= 0.3 is 5.97 Å². The Morgan fingerprint density at radius 3 is 2.43 bits per heavy atom. The Hall–Kier alpha value is -2.09. The molecule has 0 saturated heterocycles. The van der Waals surface area contributed by atoms with Crippen molar-refractivity contribution in [3.63, 3.8) is 0 Å². The van der Waals surface area contributed by atoms with E-state index in [1.807, 2.05) is 0 Å². The van der Waals surface area contributed by atoms with Crippen molar-refractivity contribution >= 4 is 21.7 Å². The Morgan fingerprint density at radius 2 is 1.90 bits per heavy atom. The highest BCUT2D eigenvalue weighted by Gasteiger charge is 2.21. The third-order valence-electron chi connectivity index (χ3n) is 2.52. The highest BCUT2D eigenvalue weighted by molar-refractivity contribution is 7.90. The van der Waals surface area contributed by atoms with E-state index < -0.39 is 27.8 Å². The lowest BCUT2D eigenvalue weighted by molar-refractivity contribution is -0.142. The number of para-hydroxylation sites is 1. The molecule has 0 radical (unpaired) electrons. The summed E-state index contributed by atoms with van der Waals surface area (Å²) in [5.74, 6) is -1.74. The number of carboxylic acids is 1. The van der Waals surface area contributed by atoms with Crippen LogP contribution in [0.3, 0.4) is 0 Å². The number of hydrogen-bond donors (Lipinski definition) is 2. The van der Waals surface area contributed by atoms with Crippen LogP contribution in [0.2, 0.25) is 0 Å². The van der Waals surface area contributed by atoms with Crippen LogP contribution in [0.25, 0.3) is 0 Å². The van der Waals surface area contributed by atoms with Gasteiger partial charge in [0.1, 0.15) is 21.6 Å². The molecule has 1 aromatic carbocycles. The molecule has 116 valence electrons. The van der Waals surface area contributed by atoms with Crippen LogP contribution < -0.4 is 10.1 Å². The van der Waals surface area contributed by atoms with Crippen molar-refractivity contribution in [2.45, 2.75) is 12.5 Å². The van der Waals surface area contributed by atoms with Gasteiger partial charge in [-0.1, -0.05) is 18.2 Å². The van der Waals surface area contributed by atoms with Crippen molar-refractivity contribution in [2.24, 2.45) is 0 Å². The number of carbonyl (C=O) groups excluding carboxylic acids is 1. The molecule has 0 aliphatic heterocycles. The Balaban J connectivity index is 2.47. The lowest BCUT2D eigenvalue weighted by Crippen LogP contribution is -2.43. The topological polar surface area (TPSA) is 110 Å². The molecule has 8 heteroatoms. The Kier molecular flexibility index (Phi) is 6.16. The van der Waals surface area contributed by atoms with E-state index in [-0.39, 0.29) is 18.8 Å². The number of sulfone groups is 1. The third-order valence-corrected chi connectivity index (χ3v) is 3.50. The Morgan fingerprint density at radius 1 is 1.29 bits per heavy atom. The predicted molar refractivity (Wildman–Crippen MR) is 75.8 cm³/mol. The second-order valence-electron chi connectivity index (χ2n) is 4.48. The monoisotopic (exact) mass is 315 g/mol. The molecular weight excluding hydrogens is 298 g/mol. The summed E-state index contributed by atoms with van der Waals surface area (Å²) in [4.78, 5) is 22.6. The zero-order valence-electron chi connectivity index (χ0n) is 11.5. The van der Waals surface area contributed by atoms with Gasteiger partial charge in [-0.15, -0.1) is 0 Å². The molecule has 0 heterocycles. The summed E-state index contributed by atoms with van der Waals surface area (Å²) in [5, 5.41) is 11.2. The second kappa shape index (κ2) is 7.63. The standard InChI is InChI=1S/C13H17NO6S/c1-21(18,19)8-7-11(13(16)17)14-12(15)9-20-10-5-3-2-4-6-10/h2-6,11H,7-9H2,1H3,(H,14,15)(H,16,17). The molecule has 7 nitrogen and oxygen atoms in total. The number of benzene rings is 1. The van der Waals surface area contributed by atoms with Crippen molar-refractivity contribution in [1.82, 2.24) is 5.32 Å². The molecule has 2 N–H and O–H groups in total. The summed E-state index contributed by atoms with van der Waals surface area (Å²) >= 11 is 0. The molecule has 0 fully saturated rings. The number of nitrogens with one attached hydrogen (secondary N) is 1. The first-order chi connectivity index (χ1) is 9.78. The van der Waals surface area contributed by atoms with E-state index in [1.54, 1.807) is 30.3 Å². The maximum absolute atomic E-state index is 11.6. The van der Waals surface area contributed by atoms with Crippen molar-refractivity contribution in [1.29, 1.82) is 0 Å². The summed E-state index contributed by atoms with van der Waals surface area (Å²) in [6.45, 7) is -0.341. The normalized spacial score (nSPS) is 12.4. The zero-order chi connectivity index (χ0) is 15.9. The van der Waals surface area contributed by atoms with E-state index in [0.29, 0.717) is 5.75 Å².